The number of aromatic amines is 1. The lowest BCUT2D eigenvalue weighted by molar-refractivity contribution is -0.136. The Morgan fingerprint density at radius 3 is 2.48 bits per heavy atom. The number of hydrogen-bond acceptors (Lipinski definition) is 10. The highest BCUT2D eigenvalue weighted by atomic mass is 32.2. The Kier molecular flexibility index (Phi) is 12.0. The van der Waals surface area contributed by atoms with Gasteiger partial charge in [-0.2, -0.15) is 12.7 Å². The van der Waals surface area contributed by atoms with Crippen LogP contribution in [0.2, 0.25) is 0 Å². The molecule has 3 aromatic carbocycles. The number of ketones is 1. The van der Waals surface area contributed by atoms with Crippen molar-refractivity contribution < 1.29 is 41.1 Å². The van der Waals surface area contributed by atoms with Gasteiger partial charge in [-0.1, -0.05) is 24.3 Å². The Balaban J connectivity index is 0.735. The van der Waals surface area contributed by atoms with Crippen molar-refractivity contribution in [3.8, 4) is 16.9 Å². The molecule has 0 radical (unpaired) electrons. The number of halogens is 2. The normalized spacial score (nSPS) is 21.9. The van der Waals surface area contributed by atoms with Crippen LogP contribution in [0.25, 0.3) is 22.2 Å². The number of methoxy groups -OCH3 is 1. The molecule has 3 N–H and O–H groups in total. The first kappa shape index (κ1) is 44.6. The van der Waals surface area contributed by atoms with E-state index >= 15 is 4.39 Å². The van der Waals surface area contributed by atoms with Gasteiger partial charge in [0, 0.05) is 79.3 Å². The number of rotatable bonds is 13. The van der Waals surface area contributed by atoms with Gasteiger partial charge in [0.1, 0.15) is 29.2 Å². The summed E-state index contributed by atoms with van der Waals surface area (Å²) in [5.74, 6) is -1.75. The summed E-state index contributed by atoms with van der Waals surface area (Å²) in [6, 6.07) is 18.1. The number of nitrogens with zero attached hydrogens (tertiary/aromatic N) is 5. The molecule has 5 aliphatic rings. The van der Waals surface area contributed by atoms with E-state index in [2.05, 4.69) is 54.1 Å². The summed E-state index contributed by atoms with van der Waals surface area (Å²) in [4.78, 5) is 65.5. The molecule has 5 aliphatic heterocycles. The molecule has 0 bridgehead atoms. The van der Waals surface area contributed by atoms with Gasteiger partial charge in [0.2, 0.25) is 17.6 Å². The number of aromatic nitrogens is 2. The molecule has 350 valence electrons. The lowest BCUT2D eigenvalue weighted by Gasteiger charge is -2.33. The maximum atomic E-state index is 16.1. The van der Waals surface area contributed by atoms with Crippen molar-refractivity contribution in [2.75, 3.05) is 62.5 Å². The molecule has 0 saturated carbocycles. The number of nitrogens with one attached hydrogen (secondary N) is 3. The van der Waals surface area contributed by atoms with Gasteiger partial charge in [-0.15, -0.1) is 0 Å². The van der Waals surface area contributed by atoms with Gasteiger partial charge in [0.15, 0.2) is 5.82 Å². The minimum Gasteiger partial charge on any atom is -0.496 e. The molecule has 67 heavy (non-hydrogen) atoms. The number of ether oxygens (including phenoxy) is 1. The van der Waals surface area contributed by atoms with Gasteiger partial charge in [0.05, 0.1) is 12.8 Å². The number of pyridine rings is 1. The Hall–Kier alpha value is -6.24. The predicted octanol–water partition coefficient (Wildman–Crippen LogP) is 6.17. The number of alkyl halides is 1. The highest BCUT2D eigenvalue weighted by molar-refractivity contribution is 7.90. The zero-order valence-corrected chi connectivity index (χ0v) is 37.9. The van der Waals surface area contributed by atoms with E-state index in [1.54, 1.807) is 11.1 Å². The summed E-state index contributed by atoms with van der Waals surface area (Å²) in [5.41, 5.74) is 5.26. The van der Waals surface area contributed by atoms with Crippen molar-refractivity contribution in [2.45, 2.75) is 69.6 Å². The quantitative estimate of drug-likeness (QED) is 0.0915. The Labute approximate surface area is 387 Å². The third kappa shape index (κ3) is 8.77. The minimum atomic E-state index is -4.28. The molecule has 4 fully saturated rings. The van der Waals surface area contributed by atoms with Crippen LogP contribution in [0.3, 0.4) is 0 Å². The van der Waals surface area contributed by atoms with Crippen LogP contribution in [0.15, 0.2) is 73.1 Å². The number of imide groups is 1. The van der Waals surface area contributed by atoms with Crippen LogP contribution in [0.4, 0.5) is 20.2 Å². The third-order valence-corrected chi connectivity index (χ3v) is 15.8. The van der Waals surface area contributed by atoms with E-state index < -0.39 is 51.2 Å². The van der Waals surface area contributed by atoms with Gasteiger partial charge >= 0.3 is 10.2 Å². The number of hydrogen-bond donors (Lipinski definition) is 3. The minimum absolute atomic E-state index is 0.0421. The first-order valence-electron chi connectivity index (χ1n) is 23.0. The van der Waals surface area contributed by atoms with E-state index in [4.69, 9.17) is 4.74 Å². The molecule has 2 aromatic heterocycles. The zero-order valence-electron chi connectivity index (χ0n) is 37.1. The largest absolute Gasteiger partial charge is 0.496 e. The number of benzene rings is 3. The molecule has 0 spiro atoms. The zero-order chi connectivity index (χ0) is 46.6. The second-order valence-electron chi connectivity index (χ2n) is 18.4. The van der Waals surface area contributed by atoms with Crippen LogP contribution < -0.4 is 19.7 Å². The number of piperidine rings is 2. The lowest BCUT2D eigenvalue weighted by atomic mass is 9.87. The van der Waals surface area contributed by atoms with Crippen molar-refractivity contribution in [1.82, 2.24) is 29.4 Å². The first-order valence-corrected chi connectivity index (χ1v) is 24.4. The molecule has 4 saturated heterocycles. The fourth-order valence-corrected chi connectivity index (χ4v) is 11.8. The average Bonchev–Trinajstić information content (AvgIpc) is 4.15. The van der Waals surface area contributed by atoms with E-state index in [0.29, 0.717) is 41.4 Å². The highest BCUT2D eigenvalue weighted by Gasteiger charge is 2.40. The van der Waals surface area contributed by atoms with Crippen molar-refractivity contribution in [1.29, 1.82) is 0 Å². The molecule has 3 amide bonds. The third-order valence-electron chi connectivity index (χ3n) is 14.3. The van der Waals surface area contributed by atoms with E-state index in [1.807, 2.05) is 24.3 Å². The van der Waals surface area contributed by atoms with E-state index in [9.17, 15) is 32.0 Å². The maximum Gasteiger partial charge on any atom is 0.301 e. The Morgan fingerprint density at radius 2 is 1.73 bits per heavy atom. The summed E-state index contributed by atoms with van der Waals surface area (Å²) >= 11 is 0. The number of likely N-dealkylation sites (tertiary alicyclic amines) is 1. The molecule has 5 aromatic rings. The monoisotopic (exact) mass is 934 g/mol. The van der Waals surface area contributed by atoms with Crippen LogP contribution in [0, 0.1) is 11.7 Å². The van der Waals surface area contributed by atoms with Gasteiger partial charge in [-0.3, -0.25) is 29.2 Å². The summed E-state index contributed by atoms with van der Waals surface area (Å²) in [6.07, 6.45) is 6.82. The van der Waals surface area contributed by atoms with Gasteiger partial charge in [0.25, 0.3) is 5.91 Å². The number of H-pyrrole nitrogens is 1. The SMILES string of the molecule is COc1ccc(NS(=O)(=O)N2CC[C@@H](F)C2)c(F)c1C(=O)c1c[nH]c2ncc(-c3ccc(N4CC[C@H](CCN5CCC(c6ccc7c(c6)CN(C6CCC(=O)NC6=O)C7=O)CC5)C4)cc3)cc12. The molecule has 15 nitrogen and oxygen atoms in total. The van der Waals surface area contributed by atoms with Crippen molar-refractivity contribution in [2.24, 2.45) is 5.92 Å². The lowest BCUT2D eigenvalue weighted by Crippen LogP contribution is -2.52. The standard InChI is InChI=1S/C49H52F2N8O7S/c1-66-42-10-8-40(55-67(64,65)58-21-16-35(50)28-58)45(51)44(42)46(61)39-25-53-47-38(39)23-33(24-52-47)30-2-5-36(6-3-30)57-20-13-29(26-57)12-17-56-18-14-31(15-19-56)32-4-7-37-34(22-32)27-59(49(37)63)41-9-11-43(60)54-48(41)62/h2-8,10,22-25,29,31,35,41,55H,9,11-21,26-28H2,1H3,(H,52,53)(H,54,60,62)/t29-,35+,41?/m0/s1. The van der Waals surface area contributed by atoms with Crippen molar-refractivity contribution >= 4 is 56.1 Å². The predicted molar refractivity (Wildman–Crippen MR) is 247 cm³/mol. The number of fused-ring (bicyclic) bond motifs is 2. The summed E-state index contributed by atoms with van der Waals surface area (Å²) in [5, 5.41) is 2.83. The van der Waals surface area contributed by atoms with Gasteiger partial charge < -0.3 is 24.4 Å². The van der Waals surface area contributed by atoms with Crippen molar-refractivity contribution in [3.63, 3.8) is 0 Å². The fourth-order valence-electron chi connectivity index (χ4n) is 10.5. The number of anilines is 2. The molecule has 7 heterocycles. The second-order valence-corrected chi connectivity index (χ2v) is 20.0. The first-order chi connectivity index (χ1) is 32.3. The highest BCUT2D eigenvalue weighted by Crippen LogP contribution is 2.37. The molecular weight excluding hydrogens is 883 g/mol. The van der Waals surface area contributed by atoms with Crippen LogP contribution in [0.1, 0.15) is 88.3 Å². The van der Waals surface area contributed by atoms with Crippen LogP contribution >= 0.6 is 0 Å². The fraction of sp³-hybridized carbons (Fsp3) is 0.408. The smallest absolute Gasteiger partial charge is 0.301 e. The van der Waals surface area contributed by atoms with Crippen molar-refractivity contribution in [3.05, 3.63) is 107 Å². The molecule has 0 aliphatic carbocycles. The van der Waals surface area contributed by atoms with E-state index in [0.717, 1.165) is 85.1 Å². The molecule has 10 rings (SSSR count). The molecule has 3 atom stereocenters. The van der Waals surface area contributed by atoms with Gasteiger partial charge in [-0.05, 0) is 123 Å². The molecule has 1 unspecified atom stereocenters. The number of carbonyl (C=O) groups excluding carboxylic acids is 4. The van der Waals surface area contributed by atoms with E-state index in [-0.39, 0.29) is 49.1 Å². The maximum absolute atomic E-state index is 16.1. The second kappa shape index (κ2) is 18.1. The number of carbonyl (C=O) groups is 4. The summed E-state index contributed by atoms with van der Waals surface area (Å²) < 4.78 is 64.2. The van der Waals surface area contributed by atoms with Gasteiger partial charge in [-0.25, -0.2) is 13.8 Å². The Bertz CT molecular complexity index is 2890. The number of amides is 3. The topological polar surface area (TPSA) is 177 Å². The van der Waals surface area contributed by atoms with E-state index in [1.165, 1.54) is 31.0 Å². The van der Waals surface area contributed by atoms with Crippen LogP contribution in [-0.4, -0.2) is 121 Å². The summed E-state index contributed by atoms with van der Waals surface area (Å²) in [6.45, 7) is 5.04. The molecular formula is C49H52F2N8O7S. The van der Waals surface area contributed by atoms with Crippen LogP contribution in [-0.2, 0) is 26.3 Å². The average molecular weight is 935 g/mol. The molecule has 18 heteroatoms. The summed E-state index contributed by atoms with van der Waals surface area (Å²) in [7, 11) is -2.99. The van der Waals surface area contributed by atoms with Crippen LogP contribution in [0.5, 0.6) is 5.75 Å². The Morgan fingerprint density at radius 1 is 0.925 bits per heavy atom.